The van der Waals surface area contributed by atoms with Gasteiger partial charge in [-0.05, 0) is 74.3 Å². The van der Waals surface area contributed by atoms with Gasteiger partial charge < -0.3 is 0 Å². The monoisotopic (exact) mass is 461 g/mol. The van der Waals surface area contributed by atoms with Gasteiger partial charge in [0.25, 0.3) is 0 Å². The second-order valence-corrected chi connectivity index (χ2v) is 10.3. The molecule has 0 spiro atoms. The molecule has 0 unspecified atom stereocenters. The first-order chi connectivity index (χ1) is 17.3. The van der Waals surface area contributed by atoms with Crippen LogP contribution < -0.4 is 0 Å². The van der Waals surface area contributed by atoms with Crippen molar-refractivity contribution >= 4 is 74.7 Å². The molecule has 8 aromatic rings. The molecule has 2 heteroatoms. The number of benzene rings is 6. The molecule has 0 atom stereocenters. The zero-order chi connectivity index (χ0) is 22.9. The Morgan fingerprint density at radius 2 is 1.11 bits per heavy atom. The summed E-state index contributed by atoms with van der Waals surface area (Å²) in [6.07, 6.45) is 1.99. The fourth-order valence-corrected chi connectivity index (χ4v) is 6.71. The predicted octanol–water partition coefficient (Wildman–Crippen LogP) is 9.73. The van der Waals surface area contributed by atoms with E-state index in [9.17, 15) is 0 Å². The van der Waals surface area contributed by atoms with E-state index in [1.165, 1.54) is 63.4 Å². The summed E-state index contributed by atoms with van der Waals surface area (Å²) in [6.45, 7) is 0. The van der Waals surface area contributed by atoms with E-state index in [1.54, 1.807) is 0 Å². The molecule has 1 nitrogen and oxygen atoms in total. The molecule has 0 aliphatic rings. The minimum Gasteiger partial charge on any atom is -0.256 e. The van der Waals surface area contributed by atoms with E-state index in [0.717, 1.165) is 11.1 Å². The number of thiophene rings is 1. The molecule has 0 amide bonds. The van der Waals surface area contributed by atoms with Crippen LogP contribution in [-0.2, 0) is 0 Å². The molecule has 0 N–H and O–H groups in total. The highest BCUT2D eigenvalue weighted by molar-refractivity contribution is 7.25. The number of para-hydroxylation sites is 1. The quantitative estimate of drug-likeness (QED) is 0.222. The summed E-state index contributed by atoms with van der Waals surface area (Å²) < 4.78 is 2.69. The molecule has 0 aliphatic heterocycles. The van der Waals surface area contributed by atoms with Gasteiger partial charge in [-0.15, -0.1) is 11.3 Å². The minimum atomic E-state index is 1.03. The maximum Gasteiger partial charge on any atom is 0.0702 e. The summed E-state index contributed by atoms with van der Waals surface area (Å²) >= 11 is 1.88. The van der Waals surface area contributed by atoms with Gasteiger partial charge in [-0.2, -0.15) is 0 Å². The lowest BCUT2D eigenvalue weighted by molar-refractivity contribution is 1.41. The maximum atomic E-state index is 4.71. The van der Waals surface area contributed by atoms with Crippen molar-refractivity contribution < 1.29 is 0 Å². The predicted molar refractivity (Wildman–Crippen MR) is 153 cm³/mol. The van der Waals surface area contributed by atoms with E-state index in [0.29, 0.717) is 0 Å². The zero-order valence-corrected chi connectivity index (χ0v) is 19.6. The highest BCUT2D eigenvalue weighted by atomic mass is 32.1. The van der Waals surface area contributed by atoms with Gasteiger partial charge in [-0.1, -0.05) is 72.8 Å². The third-order valence-corrected chi connectivity index (χ3v) is 8.39. The van der Waals surface area contributed by atoms with Crippen LogP contribution in [0.5, 0.6) is 0 Å². The van der Waals surface area contributed by atoms with Crippen molar-refractivity contribution in [3.8, 4) is 11.1 Å². The largest absolute Gasteiger partial charge is 0.256 e. The lowest BCUT2D eigenvalue weighted by Crippen LogP contribution is -1.86. The van der Waals surface area contributed by atoms with Gasteiger partial charge in [0.1, 0.15) is 0 Å². The molecule has 0 fully saturated rings. The van der Waals surface area contributed by atoms with Crippen LogP contribution in [0.2, 0.25) is 0 Å². The molecule has 35 heavy (non-hydrogen) atoms. The fourth-order valence-electron chi connectivity index (χ4n) is 5.58. The highest BCUT2D eigenvalue weighted by Crippen LogP contribution is 2.42. The first-order valence-electron chi connectivity index (χ1n) is 11.9. The van der Waals surface area contributed by atoms with Crippen LogP contribution in [0.25, 0.3) is 74.5 Å². The molecule has 2 heterocycles. The van der Waals surface area contributed by atoms with Gasteiger partial charge in [0.05, 0.1) is 5.52 Å². The summed E-state index contributed by atoms with van der Waals surface area (Å²) in [4.78, 5) is 4.71. The maximum absolute atomic E-state index is 4.71. The Hall–Kier alpha value is -4.27. The van der Waals surface area contributed by atoms with Gasteiger partial charge in [-0.3, -0.25) is 4.98 Å². The number of fused-ring (bicyclic) bond motifs is 10. The van der Waals surface area contributed by atoms with Gasteiger partial charge in [0, 0.05) is 37.3 Å². The van der Waals surface area contributed by atoms with Crippen molar-refractivity contribution in [2.24, 2.45) is 0 Å². The van der Waals surface area contributed by atoms with Crippen molar-refractivity contribution in [2.45, 2.75) is 0 Å². The Labute approximate surface area is 205 Å². The lowest BCUT2D eigenvalue weighted by Gasteiger charge is -2.13. The van der Waals surface area contributed by atoms with Crippen molar-refractivity contribution in [3.05, 3.63) is 115 Å². The average molecular weight is 462 g/mol. The highest BCUT2D eigenvalue weighted by Gasteiger charge is 2.13. The van der Waals surface area contributed by atoms with E-state index >= 15 is 0 Å². The second-order valence-electron chi connectivity index (χ2n) is 9.21. The Bertz CT molecular complexity index is 2120. The van der Waals surface area contributed by atoms with E-state index in [2.05, 4.69) is 103 Å². The normalized spacial score (nSPS) is 12.0. The topological polar surface area (TPSA) is 12.9 Å². The van der Waals surface area contributed by atoms with E-state index < -0.39 is 0 Å². The summed E-state index contributed by atoms with van der Waals surface area (Å²) in [6, 6.07) is 39.8. The fraction of sp³-hybridized carbons (Fsp3) is 0. The first kappa shape index (κ1) is 19.1. The molecular weight excluding hydrogens is 442 g/mol. The lowest BCUT2D eigenvalue weighted by atomic mass is 9.91. The Morgan fingerprint density at radius 3 is 2.00 bits per heavy atom. The van der Waals surface area contributed by atoms with Gasteiger partial charge in [-0.25, -0.2) is 0 Å². The van der Waals surface area contributed by atoms with Crippen LogP contribution in [0.4, 0.5) is 0 Å². The molecule has 6 aromatic carbocycles. The molecule has 0 saturated carbocycles. The Balaban J connectivity index is 1.47. The number of hydrogen-bond acceptors (Lipinski definition) is 2. The summed E-state index contributed by atoms with van der Waals surface area (Å²) in [7, 11) is 0. The number of aromatic nitrogens is 1. The minimum absolute atomic E-state index is 1.03. The van der Waals surface area contributed by atoms with E-state index in [4.69, 9.17) is 4.98 Å². The molecule has 0 aliphatic carbocycles. The van der Waals surface area contributed by atoms with Crippen molar-refractivity contribution in [2.75, 3.05) is 0 Å². The molecule has 0 bridgehead atoms. The van der Waals surface area contributed by atoms with E-state index in [1.807, 2.05) is 23.6 Å². The number of hydrogen-bond donors (Lipinski definition) is 0. The van der Waals surface area contributed by atoms with Crippen molar-refractivity contribution in [1.29, 1.82) is 0 Å². The Morgan fingerprint density at radius 1 is 0.429 bits per heavy atom. The molecule has 8 rings (SSSR count). The van der Waals surface area contributed by atoms with Crippen molar-refractivity contribution in [1.82, 2.24) is 4.98 Å². The zero-order valence-electron chi connectivity index (χ0n) is 18.8. The van der Waals surface area contributed by atoms with Gasteiger partial charge in [0.15, 0.2) is 0 Å². The summed E-state index contributed by atoms with van der Waals surface area (Å²) in [5.74, 6) is 0. The molecular formula is C33H19NS. The van der Waals surface area contributed by atoms with Gasteiger partial charge >= 0.3 is 0 Å². The smallest absolute Gasteiger partial charge is 0.0702 e. The van der Waals surface area contributed by atoms with Crippen LogP contribution in [0.3, 0.4) is 0 Å². The molecule has 0 saturated heterocycles. The van der Waals surface area contributed by atoms with Crippen LogP contribution in [0.15, 0.2) is 115 Å². The molecule has 162 valence electrons. The van der Waals surface area contributed by atoms with Gasteiger partial charge in [0.2, 0.25) is 0 Å². The molecule has 0 radical (unpaired) electrons. The van der Waals surface area contributed by atoms with Crippen LogP contribution in [0.1, 0.15) is 0 Å². The standard InChI is InChI=1S/C33H19NS/c1-5-11-31-21(7-1)15-22(19-34-31)20-13-14-25-27(16-20)23-8-2-3-9-24(23)28-17-30-26-10-4-6-12-32(26)35-33(30)18-29(25)28/h1-19H. The van der Waals surface area contributed by atoms with E-state index in [-0.39, 0.29) is 0 Å². The average Bonchev–Trinajstić information content (AvgIpc) is 3.29. The van der Waals surface area contributed by atoms with Crippen molar-refractivity contribution in [3.63, 3.8) is 0 Å². The molecule has 2 aromatic heterocycles. The SMILES string of the molecule is c1ccc2ncc(-c3ccc4c(c3)c3ccccc3c3cc5c(cc43)sc3ccccc35)cc2c1. The Kier molecular flexibility index (Phi) is 3.88. The second kappa shape index (κ2) is 7.11. The van der Waals surface area contributed by atoms with Crippen LogP contribution >= 0.6 is 11.3 Å². The van der Waals surface area contributed by atoms with Crippen LogP contribution in [0, 0.1) is 0 Å². The first-order valence-corrected chi connectivity index (χ1v) is 12.7. The summed E-state index contributed by atoms with van der Waals surface area (Å²) in [5.41, 5.74) is 3.37. The third-order valence-electron chi connectivity index (χ3n) is 7.26. The summed E-state index contributed by atoms with van der Waals surface area (Å²) in [5, 5.41) is 11.7. The number of pyridine rings is 1. The number of nitrogens with zero attached hydrogens (tertiary/aromatic N) is 1. The number of rotatable bonds is 1. The van der Waals surface area contributed by atoms with Crippen LogP contribution in [-0.4, -0.2) is 4.98 Å². The third kappa shape index (κ3) is 2.78.